The molecule has 9 rings (SSSR count). The van der Waals surface area contributed by atoms with E-state index in [1.807, 2.05) is 42.5 Å². The maximum absolute atomic E-state index is 13.4. The van der Waals surface area contributed by atoms with Gasteiger partial charge in [-0.3, -0.25) is 0 Å². The minimum absolute atomic E-state index is 0.0910. The van der Waals surface area contributed by atoms with Gasteiger partial charge in [-0.1, -0.05) is 97.1 Å². The average molecular weight is 682 g/mol. The average Bonchev–Trinajstić information content (AvgIpc) is 3.17. The number of quaternary nitrogens is 1. The van der Waals surface area contributed by atoms with Crippen LogP contribution in [0.4, 0.5) is 13.2 Å². The summed E-state index contributed by atoms with van der Waals surface area (Å²) in [4.78, 5) is 4.85. The Bertz CT molecular complexity index is 2120. The van der Waals surface area contributed by atoms with Crippen molar-refractivity contribution in [2.24, 2.45) is 11.8 Å². The number of aromatic nitrogens is 1. The summed E-state index contributed by atoms with van der Waals surface area (Å²) < 4.78 is 40.9. The second kappa shape index (κ2) is 13.3. The van der Waals surface area contributed by atoms with Crippen molar-refractivity contribution in [3.8, 4) is 33.5 Å². The van der Waals surface area contributed by atoms with Crippen LogP contribution in [0.5, 0.6) is 0 Å². The number of alkyl halides is 3. The Morgan fingerprint density at radius 1 is 0.765 bits per heavy atom. The highest BCUT2D eigenvalue weighted by atomic mass is 19.4. The molecule has 3 aliphatic rings. The second-order valence-electron chi connectivity index (χ2n) is 14.3. The molecule has 0 aliphatic carbocycles. The summed E-state index contributed by atoms with van der Waals surface area (Å²) in [5.74, 6) is 0.783. The summed E-state index contributed by atoms with van der Waals surface area (Å²) in [6.07, 6.45) is -1.20. The van der Waals surface area contributed by atoms with E-state index in [-0.39, 0.29) is 6.04 Å². The van der Waals surface area contributed by atoms with Gasteiger partial charge in [0.2, 0.25) is 0 Å². The van der Waals surface area contributed by atoms with E-state index >= 15 is 0 Å². The quantitative estimate of drug-likeness (QED) is 0.128. The molecule has 6 aromatic rings. The van der Waals surface area contributed by atoms with Gasteiger partial charge in [0.05, 0.1) is 29.9 Å². The van der Waals surface area contributed by atoms with Gasteiger partial charge in [0, 0.05) is 35.3 Å². The Morgan fingerprint density at radius 3 is 2.02 bits per heavy atom. The number of hydrogen-bond donors (Lipinski definition) is 1. The van der Waals surface area contributed by atoms with Gasteiger partial charge in [0.1, 0.15) is 18.7 Å². The number of aliphatic hydroxyl groups is 1. The van der Waals surface area contributed by atoms with Crippen molar-refractivity contribution in [3.05, 3.63) is 163 Å². The lowest BCUT2D eigenvalue weighted by molar-refractivity contribution is -0.984. The third-order valence-electron chi connectivity index (χ3n) is 11.3. The minimum atomic E-state index is -4.42. The van der Waals surface area contributed by atoms with E-state index in [0.717, 1.165) is 82.3 Å². The van der Waals surface area contributed by atoms with Crippen LogP contribution in [0.2, 0.25) is 0 Å². The number of piperidine rings is 3. The Labute approximate surface area is 296 Å². The smallest absolute Gasteiger partial charge is 0.382 e. The first-order chi connectivity index (χ1) is 24.7. The van der Waals surface area contributed by atoms with Crippen molar-refractivity contribution in [2.75, 3.05) is 13.1 Å². The molecule has 256 valence electrons. The first-order valence-corrected chi connectivity index (χ1v) is 17.7. The molecule has 4 unspecified atom stereocenters. The fourth-order valence-corrected chi connectivity index (χ4v) is 8.75. The van der Waals surface area contributed by atoms with E-state index in [1.165, 1.54) is 17.7 Å². The van der Waals surface area contributed by atoms with Crippen LogP contribution in [-0.2, 0) is 12.7 Å². The van der Waals surface area contributed by atoms with E-state index in [1.54, 1.807) is 0 Å². The van der Waals surface area contributed by atoms with Gasteiger partial charge in [0.25, 0.3) is 0 Å². The Hall–Kier alpha value is -5.04. The van der Waals surface area contributed by atoms with E-state index in [0.29, 0.717) is 28.6 Å². The number of halogens is 3. The highest BCUT2D eigenvalue weighted by molar-refractivity contribution is 5.85. The molecule has 0 amide bonds. The highest BCUT2D eigenvalue weighted by Crippen LogP contribution is 2.49. The van der Waals surface area contributed by atoms with Crippen molar-refractivity contribution < 1.29 is 22.8 Å². The van der Waals surface area contributed by atoms with Gasteiger partial charge >= 0.3 is 6.18 Å². The van der Waals surface area contributed by atoms with Crippen molar-refractivity contribution in [1.29, 1.82) is 0 Å². The summed E-state index contributed by atoms with van der Waals surface area (Å²) in [5, 5.41) is 13.5. The lowest BCUT2D eigenvalue weighted by Crippen LogP contribution is -2.67. The van der Waals surface area contributed by atoms with E-state index in [9.17, 15) is 18.3 Å². The molecular formula is C45H40F3N2O+. The Balaban J connectivity index is 1.22. The number of benzene rings is 5. The van der Waals surface area contributed by atoms with Crippen LogP contribution >= 0.6 is 0 Å². The molecule has 2 bridgehead atoms. The molecule has 51 heavy (non-hydrogen) atoms. The zero-order chi connectivity index (χ0) is 35.2. The van der Waals surface area contributed by atoms with Crippen molar-refractivity contribution in [2.45, 2.75) is 37.7 Å². The first-order valence-electron chi connectivity index (χ1n) is 17.7. The number of aliphatic hydroxyl groups excluding tert-OH is 1. The number of para-hydroxylation sites is 1. The molecule has 4 heterocycles. The van der Waals surface area contributed by atoms with Gasteiger partial charge in [0.15, 0.2) is 0 Å². The lowest BCUT2D eigenvalue weighted by atomic mass is 9.71. The van der Waals surface area contributed by atoms with Gasteiger partial charge in [-0.2, -0.15) is 13.2 Å². The molecule has 5 atom stereocenters. The largest absolute Gasteiger partial charge is 0.416 e. The van der Waals surface area contributed by atoms with Crippen molar-refractivity contribution in [3.63, 3.8) is 0 Å². The standard InChI is InChI=1S/C45H40F3N2O/c1-2-31-29-50(28-30-23-36(32-11-5-3-6-12-32)25-37(24-30)33-13-7-4-8-14-33)22-21-35(31)26-43(50)44(51)40-27-42(49-41-16-10-9-15-39(40)41)34-17-19-38(20-18-34)45(46,47)48/h2-20,23-25,27,31,35,43-44,51H,1,21-22,26,28-29H2/q+1/t31?,35?,43?,44?,50-/m1/s1. The second-order valence-corrected chi connectivity index (χ2v) is 14.3. The van der Waals surface area contributed by atoms with E-state index in [2.05, 4.69) is 79.4 Å². The highest BCUT2D eigenvalue weighted by Gasteiger charge is 2.54. The molecular weight excluding hydrogens is 642 g/mol. The molecule has 3 saturated heterocycles. The van der Waals surface area contributed by atoms with Gasteiger partial charge < -0.3 is 9.59 Å². The maximum Gasteiger partial charge on any atom is 0.416 e. The number of fused-ring (bicyclic) bond motifs is 4. The molecule has 0 saturated carbocycles. The number of nitrogens with zero attached hydrogens (tertiary/aromatic N) is 2. The lowest BCUT2D eigenvalue weighted by Gasteiger charge is -2.58. The predicted octanol–water partition coefficient (Wildman–Crippen LogP) is 10.9. The van der Waals surface area contributed by atoms with Crippen LogP contribution in [-0.4, -0.2) is 33.7 Å². The summed E-state index contributed by atoms with van der Waals surface area (Å²) in [7, 11) is 0. The number of rotatable bonds is 8. The molecule has 5 aromatic carbocycles. The summed E-state index contributed by atoms with van der Waals surface area (Å²) in [5.41, 5.74) is 7.77. The summed E-state index contributed by atoms with van der Waals surface area (Å²) >= 11 is 0. The third kappa shape index (κ3) is 6.39. The van der Waals surface area contributed by atoms with Crippen LogP contribution in [0.15, 0.2) is 146 Å². The van der Waals surface area contributed by atoms with Gasteiger partial charge in [-0.25, -0.2) is 4.98 Å². The molecule has 3 fully saturated rings. The maximum atomic E-state index is 13.4. The molecule has 0 radical (unpaired) electrons. The van der Waals surface area contributed by atoms with E-state index in [4.69, 9.17) is 4.98 Å². The van der Waals surface area contributed by atoms with Crippen molar-refractivity contribution >= 4 is 10.9 Å². The van der Waals surface area contributed by atoms with Gasteiger partial charge in [-0.15, -0.1) is 6.58 Å². The SMILES string of the molecule is C=CC1C[N@+]2(Cc3cc(-c4ccccc4)cc(-c4ccccc4)c3)CCC1CC2C(O)c1cc(-c2ccc(C(F)(F)F)cc2)nc2ccccc12. The predicted molar refractivity (Wildman–Crippen MR) is 198 cm³/mol. The zero-order valence-corrected chi connectivity index (χ0v) is 28.3. The fourth-order valence-electron chi connectivity index (χ4n) is 8.75. The Kier molecular flexibility index (Phi) is 8.61. The minimum Gasteiger partial charge on any atom is -0.382 e. The molecule has 3 aliphatic heterocycles. The molecule has 6 heteroatoms. The number of pyridine rings is 1. The van der Waals surface area contributed by atoms with E-state index < -0.39 is 17.8 Å². The van der Waals surface area contributed by atoms with Crippen molar-refractivity contribution in [1.82, 2.24) is 4.98 Å². The fraction of sp³-hybridized carbons (Fsp3) is 0.222. The number of hydrogen-bond acceptors (Lipinski definition) is 2. The third-order valence-corrected chi connectivity index (χ3v) is 11.3. The van der Waals surface area contributed by atoms with Crippen LogP contribution < -0.4 is 0 Å². The van der Waals surface area contributed by atoms with Crippen LogP contribution in [0.25, 0.3) is 44.4 Å². The molecule has 1 N–H and O–H groups in total. The first kappa shape index (κ1) is 33.1. The molecule has 0 spiro atoms. The monoisotopic (exact) mass is 681 g/mol. The normalized spacial score (nSPS) is 22.2. The zero-order valence-electron chi connectivity index (χ0n) is 28.3. The molecule has 1 aromatic heterocycles. The summed E-state index contributed by atoms with van der Waals surface area (Å²) in [6.45, 7) is 6.83. The molecule has 3 nitrogen and oxygen atoms in total. The van der Waals surface area contributed by atoms with Crippen LogP contribution in [0, 0.1) is 11.8 Å². The van der Waals surface area contributed by atoms with Crippen LogP contribution in [0.1, 0.15) is 35.6 Å². The van der Waals surface area contributed by atoms with Gasteiger partial charge in [-0.05, 0) is 76.2 Å². The Morgan fingerprint density at radius 2 is 1.39 bits per heavy atom. The van der Waals surface area contributed by atoms with Crippen LogP contribution in [0.3, 0.4) is 0 Å². The topological polar surface area (TPSA) is 33.1 Å². The summed E-state index contributed by atoms with van der Waals surface area (Å²) in [6, 6.07) is 42.5.